The summed E-state index contributed by atoms with van der Waals surface area (Å²) in [7, 11) is 0. The van der Waals surface area contributed by atoms with Crippen molar-refractivity contribution in [1.29, 1.82) is 0 Å². The summed E-state index contributed by atoms with van der Waals surface area (Å²) < 4.78 is 0. The SMILES string of the molecule is CCCCC/C=C/CCC(=O)N[C@@H](CC(=O)O)CC(C)C. The predicted octanol–water partition coefficient (Wildman–Crippen LogP) is 3.91. The summed E-state index contributed by atoms with van der Waals surface area (Å²) in [6.07, 6.45) is 10.8. The van der Waals surface area contributed by atoms with E-state index in [2.05, 4.69) is 18.3 Å². The highest BCUT2D eigenvalue weighted by Crippen LogP contribution is 2.09. The molecule has 4 heteroatoms. The van der Waals surface area contributed by atoms with E-state index in [0.29, 0.717) is 18.8 Å². The largest absolute Gasteiger partial charge is 0.481 e. The van der Waals surface area contributed by atoms with Crippen LogP contribution in [-0.4, -0.2) is 23.0 Å². The molecular formula is C17H31NO3. The molecule has 0 aliphatic heterocycles. The van der Waals surface area contributed by atoms with Crippen molar-refractivity contribution in [1.82, 2.24) is 5.32 Å². The lowest BCUT2D eigenvalue weighted by molar-refractivity contribution is -0.137. The Morgan fingerprint density at radius 1 is 1.14 bits per heavy atom. The molecule has 0 heterocycles. The normalized spacial score (nSPS) is 12.8. The van der Waals surface area contributed by atoms with Gasteiger partial charge in [0.1, 0.15) is 0 Å². The monoisotopic (exact) mass is 297 g/mol. The number of allylic oxidation sites excluding steroid dienone is 2. The lowest BCUT2D eigenvalue weighted by atomic mass is 10.0. The highest BCUT2D eigenvalue weighted by molar-refractivity contribution is 5.77. The lowest BCUT2D eigenvalue weighted by Gasteiger charge is -2.18. The number of aliphatic carboxylic acids is 1. The van der Waals surface area contributed by atoms with E-state index in [1.165, 1.54) is 19.3 Å². The quantitative estimate of drug-likeness (QED) is 0.424. The van der Waals surface area contributed by atoms with Gasteiger partial charge in [-0.2, -0.15) is 0 Å². The number of unbranched alkanes of at least 4 members (excludes halogenated alkanes) is 3. The average molecular weight is 297 g/mol. The summed E-state index contributed by atoms with van der Waals surface area (Å²) in [5.41, 5.74) is 0. The lowest BCUT2D eigenvalue weighted by Crippen LogP contribution is -2.37. The van der Waals surface area contributed by atoms with Gasteiger partial charge in [0.05, 0.1) is 6.42 Å². The molecule has 0 aromatic rings. The van der Waals surface area contributed by atoms with Gasteiger partial charge in [0.2, 0.25) is 5.91 Å². The Hall–Kier alpha value is -1.32. The second-order valence-electron chi connectivity index (χ2n) is 6.00. The maximum atomic E-state index is 11.8. The van der Waals surface area contributed by atoms with Gasteiger partial charge in [-0.05, 0) is 31.6 Å². The van der Waals surface area contributed by atoms with Crippen LogP contribution in [-0.2, 0) is 9.59 Å². The number of rotatable bonds is 12. The number of carboxylic acids is 1. The van der Waals surface area contributed by atoms with Gasteiger partial charge in [-0.1, -0.05) is 45.8 Å². The molecule has 0 unspecified atom stereocenters. The minimum absolute atomic E-state index is 0.00320. The van der Waals surface area contributed by atoms with Gasteiger partial charge in [-0.3, -0.25) is 9.59 Å². The summed E-state index contributed by atoms with van der Waals surface area (Å²) >= 11 is 0. The van der Waals surface area contributed by atoms with Crippen LogP contribution in [0.15, 0.2) is 12.2 Å². The van der Waals surface area contributed by atoms with E-state index >= 15 is 0 Å². The fourth-order valence-electron chi connectivity index (χ4n) is 2.24. The van der Waals surface area contributed by atoms with E-state index in [1.54, 1.807) is 0 Å². The van der Waals surface area contributed by atoms with Crippen LogP contribution < -0.4 is 5.32 Å². The molecule has 2 N–H and O–H groups in total. The molecule has 21 heavy (non-hydrogen) atoms. The first-order chi connectivity index (χ1) is 9.95. The Kier molecular flexibility index (Phi) is 11.6. The highest BCUT2D eigenvalue weighted by Gasteiger charge is 2.16. The van der Waals surface area contributed by atoms with Gasteiger partial charge in [-0.15, -0.1) is 0 Å². The number of amides is 1. The highest BCUT2D eigenvalue weighted by atomic mass is 16.4. The van der Waals surface area contributed by atoms with Crippen molar-refractivity contribution >= 4 is 11.9 Å². The molecular weight excluding hydrogens is 266 g/mol. The van der Waals surface area contributed by atoms with Crippen LogP contribution in [0.2, 0.25) is 0 Å². The minimum Gasteiger partial charge on any atom is -0.481 e. The number of carboxylic acid groups (broad SMARTS) is 1. The number of hydrogen-bond donors (Lipinski definition) is 2. The summed E-state index contributed by atoms with van der Waals surface area (Å²) in [6.45, 7) is 6.23. The zero-order valence-electron chi connectivity index (χ0n) is 13.7. The smallest absolute Gasteiger partial charge is 0.305 e. The second-order valence-corrected chi connectivity index (χ2v) is 6.00. The third kappa shape index (κ3) is 13.4. The Bertz CT molecular complexity index is 324. The summed E-state index contributed by atoms with van der Waals surface area (Å²) in [4.78, 5) is 22.6. The number of nitrogens with one attached hydrogen (secondary N) is 1. The van der Waals surface area contributed by atoms with E-state index in [1.807, 2.05) is 19.9 Å². The zero-order valence-corrected chi connectivity index (χ0v) is 13.7. The van der Waals surface area contributed by atoms with E-state index in [0.717, 1.165) is 12.8 Å². The van der Waals surface area contributed by atoms with Crippen molar-refractivity contribution in [3.63, 3.8) is 0 Å². The Balaban J connectivity index is 3.94. The van der Waals surface area contributed by atoms with Crippen LogP contribution >= 0.6 is 0 Å². The van der Waals surface area contributed by atoms with Gasteiger partial charge >= 0.3 is 5.97 Å². The van der Waals surface area contributed by atoms with Crippen molar-refractivity contribution in [2.24, 2.45) is 5.92 Å². The van der Waals surface area contributed by atoms with Crippen LogP contribution in [0, 0.1) is 5.92 Å². The fourth-order valence-corrected chi connectivity index (χ4v) is 2.24. The molecule has 0 aliphatic carbocycles. The van der Waals surface area contributed by atoms with Crippen LogP contribution in [0.3, 0.4) is 0 Å². The standard InChI is InChI=1S/C17H31NO3/c1-4-5-6-7-8-9-10-11-16(19)18-15(12-14(2)3)13-17(20)21/h8-9,14-15H,4-7,10-13H2,1-3H3,(H,18,19)(H,20,21)/b9-8+/t15-/m1/s1. The van der Waals surface area contributed by atoms with Crippen LogP contribution in [0.4, 0.5) is 0 Å². The van der Waals surface area contributed by atoms with Crippen molar-refractivity contribution in [2.75, 3.05) is 0 Å². The van der Waals surface area contributed by atoms with E-state index in [9.17, 15) is 9.59 Å². The number of carbonyl (C=O) groups is 2. The first kappa shape index (κ1) is 19.7. The molecule has 0 radical (unpaired) electrons. The van der Waals surface area contributed by atoms with E-state index < -0.39 is 5.97 Å². The van der Waals surface area contributed by atoms with Gasteiger partial charge in [0.25, 0.3) is 0 Å². The molecule has 4 nitrogen and oxygen atoms in total. The number of carbonyl (C=O) groups excluding carboxylic acids is 1. The van der Waals surface area contributed by atoms with Crippen molar-refractivity contribution in [3.05, 3.63) is 12.2 Å². The molecule has 0 spiro atoms. The Labute approximate surface area is 129 Å². The maximum absolute atomic E-state index is 11.8. The van der Waals surface area contributed by atoms with Crippen molar-refractivity contribution in [3.8, 4) is 0 Å². The van der Waals surface area contributed by atoms with Crippen molar-refractivity contribution in [2.45, 2.75) is 78.2 Å². The van der Waals surface area contributed by atoms with Crippen molar-refractivity contribution < 1.29 is 14.7 Å². The van der Waals surface area contributed by atoms with Crippen LogP contribution in [0.1, 0.15) is 72.1 Å². The molecule has 0 saturated carbocycles. The molecule has 0 saturated heterocycles. The first-order valence-corrected chi connectivity index (χ1v) is 8.11. The summed E-state index contributed by atoms with van der Waals surface area (Å²) in [5, 5.41) is 11.7. The first-order valence-electron chi connectivity index (χ1n) is 8.11. The van der Waals surface area contributed by atoms with Gasteiger partial charge in [0, 0.05) is 12.5 Å². The molecule has 0 aromatic carbocycles. The van der Waals surface area contributed by atoms with Gasteiger partial charge in [0.15, 0.2) is 0 Å². The van der Waals surface area contributed by atoms with Crippen LogP contribution in [0.5, 0.6) is 0 Å². The zero-order chi connectivity index (χ0) is 16.1. The van der Waals surface area contributed by atoms with E-state index in [4.69, 9.17) is 5.11 Å². The van der Waals surface area contributed by atoms with Gasteiger partial charge < -0.3 is 10.4 Å². The molecule has 0 aromatic heterocycles. The molecule has 122 valence electrons. The number of hydrogen-bond acceptors (Lipinski definition) is 2. The molecule has 0 aliphatic rings. The molecule has 1 atom stereocenters. The fraction of sp³-hybridized carbons (Fsp3) is 0.765. The molecule has 1 amide bonds. The van der Waals surface area contributed by atoms with Crippen LogP contribution in [0.25, 0.3) is 0 Å². The second kappa shape index (κ2) is 12.4. The summed E-state index contributed by atoms with van der Waals surface area (Å²) in [6, 6.07) is -0.261. The third-order valence-electron chi connectivity index (χ3n) is 3.22. The average Bonchev–Trinajstić information content (AvgIpc) is 2.36. The molecule has 0 bridgehead atoms. The maximum Gasteiger partial charge on any atom is 0.305 e. The molecule has 0 rings (SSSR count). The Morgan fingerprint density at radius 3 is 2.38 bits per heavy atom. The third-order valence-corrected chi connectivity index (χ3v) is 3.22. The topological polar surface area (TPSA) is 66.4 Å². The molecule has 0 fully saturated rings. The predicted molar refractivity (Wildman–Crippen MR) is 86.2 cm³/mol. The van der Waals surface area contributed by atoms with E-state index in [-0.39, 0.29) is 18.4 Å². The Morgan fingerprint density at radius 2 is 1.81 bits per heavy atom. The minimum atomic E-state index is -0.864. The summed E-state index contributed by atoms with van der Waals surface area (Å²) in [5.74, 6) is -0.551. The van der Waals surface area contributed by atoms with Gasteiger partial charge in [-0.25, -0.2) is 0 Å².